The SMILES string of the molecule is O=C1[C@@H]2[C@@H](N=NN2Cc2nc(-c3ccc(Br)cc3)no2)C(=O)N1c1cccc(F)c1. The van der Waals surface area contributed by atoms with Crippen molar-refractivity contribution in [1.82, 2.24) is 15.1 Å². The maximum atomic E-state index is 13.6. The lowest BCUT2D eigenvalue weighted by Gasteiger charge is -2.19. The van der Waals surface area contributed by atoms with Crippen molar-refractivity contribution in [3.8, 4) is 11.4 Å². The van der Waals surface area contributed by atoms with Crippen LogP contribution < -0.4 is 4.90 Å². The van der Waals surface area contributed by atoms with Gasteiger partial charge in [0.05, 0.1) is 5.69 Å². The molecule has 11 heteroatoms. The Hall–Kier alpha value is -3.47. The van der Waals surface area contributed by atoms with Crippen molar-refractivity contribution in [1.29, 1.82) is 0 Å². The van der Waals surface area contributed by atoms with E-state index in [-0.39, 0.29) is 18.1 Å². The predicted molar refractivity (Wildman–Crippen MR) is 104 cm³/mol. The summed E-state index contributed by atoms with van der Waals surface area (Å²) in [5.41, 5.74) is 0.920. The fourth-order valence-electron chi connectivity index (χ4n) is 3.40. The largest absolute Gasteiger partial charge is 0.337 e. The van der Waals surface area contributed by atoms with Crippen LogP contribution in [-0.2, 0) is 16.1 Å². The van der Waals surface area contributed by atoms with Gasteiger partial charge in [0.1, 0.15) is 12.4 Å². The Morgan fingerprint density at radius 1 is 1.10 bits per heavy atom. The van der Waals surface area contributed by atoms with E-state index in [1.165, 1.54) is 23.2 Å². The number of imide groups is 1. The highest BCUT2D eigenvalue weighted by atomic mass is 79.9. The van der Waals surface area contributed by atoms with Gasteiger partial charge in [-0.15, -0.1) is 0 Å². The van der Waals surface area contributed by atoms with E-state index >= 15 is 0 Å². The van der Waals surface area contributed by atoms with E-state index < -0.39 is 29.7 Å². The van der Waals surface area contributed by atoms with Crippen LogP contribution in [-0.4, -0.2) is 39.0 Å². The summed E-state index contributed by atoms with van der Waals surface area (Å²) < 4.78 is 19.8. The van der Waals surface area contributed by atoms with Crippen molar-refractivity contribution < 1.29 is 18.5 Å². The molecule has 0 aliphatic carbocycles. The normalized spacial score (nSPS) is 20.3. The van der Waals surface area contributed by atoms with E-state index in [2.05, 4.69) is 36.4 Å². The highest BCUT2D eigenvalue weighted by molar-refractivity contribution is 9.10. The lowest BCUT2D eigenvalue weighted by molar-refractivity contribution is -0.123. The summed E-state index contributed by atoms with van der Waals surface area (Å²) in [6.07, 6.45) is 0. The van der Waals surface area contributed by atoms with Gasteiger partial charge >= 0.3 is 0 Å². The van der Waals surface area contributed by atoms with Crippen LogP contribution in [0.1, 0.15) is 5.89 Å². The third-order valence-electron chi connectivity index (χ3n) is 4.79. The molecule has 150 valence electrons. The number of carbonyl (C=O) groups excluding carboxylic acids is 2. The molecule has 0 saturated carbocycles. The summed E-state index contributed by atoms with van der Waals surface area (Å²) in [7, 11) is 0. The van der Waals surface area contributed by atoms with Crippen molar-refractivity contribution in [3.63, 3.8) is 0 Å². The molecule has 0 unspecified atom stereocenters. The van der Waals surface area contributed by atoms with E-state index in [1.54, 1.807) is 0 Å². The molecule has 3 aromatic rings. The molecule has 1 aromatic heterocycles. The Morgan fingerprint density at radius 2 is 1.90 bits per heavy atom. The van der Waals surface area contributed by atoms with Crippen molar-refractivity contribution in [2.45, 2.75) is 18.6 Å². The maximum Gasteiger partial charge on any atom is 0.263 e. The van der Waals surface area contributed by atoms with Gasteiger partial charge in [-0.25, -0.2) is 9.29 Å². The number of benzene rings is 2. The van der Waals surface area contributed by atoms with E-state index in [1.807, 2.05) is 24.3 Å². The van der Waals surface area contributed by atoms with Crippen molar-refractivity contribution in [3.05, 3.63) is 64.7 Å². The van der Waals surface area contributed by atoms with Crippen LogP contribution in [0.25, 0.3) is 11.4 Å². The third-order valence-corrected chi connectivity index (χ3v) is 5.32. The molecule has 2 aromatic carbocycles. The number of nitrogens with zero attached hydrogens (tertiary/aromatic N) is 6. The van der Waals surface area contributed by atoms with Crippen LogP contribution in [0.5, 0.6) is 0 Å². The zero-order chi connectivity index (χ0) is 20.8. The molecular formula is C19H12BrFN6O3. The molecule has 1 fully saturated rings. The topological polar surface area (TPSA) is 104 Å². The van der Waals surface area contributed by atoms with Gasteiger partial charge in [0.2, 0.25) is 11.7 Å². The van der Waals surface area contributed by atoms with Gasteiger partial charge < -0.3 is 4.52 Å². The number of anilines is 1. The number of amides is 2. The average molecular weight is 471 g/mol. The lowest BCUT2D eigenvalue weighted by atomic mass is 10.1. The number of carbonyl (C=O) groups is 2. The Morgan fingerprint density at radius 3 is 2.67 bits per heavy atom. The van der Waals surface area contributed by atoms with Crippen LogP contribution in [0.15, 0.2) is 67.9 Å². The summed E-state index contributed by atoms with van der Waals surface area (Å²) in [6.45, 7) is 0.00417. The van der Waals surface area contributed by atoms with Crippen LogP contribution in [0.4, 0.5) is 10.1 Å². The van der Waals surface area contributed by atoms with Crippen molar-refractivity contribution in [2.75, 3.05) is 4.90 Å². The highest BCUT2D eigenvalue weighted by Crippen LogP contribution is 2.33. The molecule has 0 N–H and O–H groups in total. The molecule has 9 nitrogen and oxygen atoms in total. The average Bonchev–Trinajstić information content (AvgIpc) is 3.41. The Labute approximate surface area is 177 Å². The molecule has 1 saturated heterocycles. The van der Waals surface area contributed by atoms with Gasteiger partial charge in [-0.2, -0.15) is 10.1 Å². The second-order valence-electron chi connectivity index (χ2n) is 6.70. The molecule has 30 heavy (non-hydrogen) atoms. The highest BCUT2D eigenvalue weighted by Gasteiger charge is 2.55. The number of halogens is 2. The molecule has 3 heterocycles. The van der Waals surface area contributed by atoms with Crippen LogP contribution in [0.2, 0.25) is 0 Å². The van der Waals surface area contributed by atoms with Gasteiger partial charge in [-0.3, -0.25) is 14.6 Å². The first-order valence-electron chi connectivity index (χ1n) is 8.90. The summed E-state index contributed by atoms with van der Waals surface area (Å²) >= 11 is 3.37. The number of aromatic nitrogens is 2. The zero-order valence-electron chi connectivity index (χ0n) is 15.1. The minimum absolute atomic E-state index is 0.00417. The lowest BCUT2D eigenvalue weighted by Crippen LogP contribution is -2.39. The quantitative estimate of drug-likeness (QED) is 0.542. The predicted octanol–water partition coefficient (Wildman–Crippen LogP) is 3.13. The summed E-state index contributed by atoms with van der Waals surface area (Å²) in [5.74, 6) is -1.02. The van der Waals surface area contributed by atoms with Gasteiger partial charge in [-0.1, -0.05) is 32.4 Å². The first kappa shape index (κ1) is 18.6. The standard InChI is InChI=1S/C19H12BrFN6O3/c20-11-6-4-10(5-7-11)17-22-14(30-24-17)9-26-16-15(23-25-26)18(28)27(19(16)29)13-3-1-2-12(21)8-13/h1-8,15-16H,9H2/t15-,16+/m1/s1. The molecule has 5 rings (SSSR count). The monoisotopic (exact) mass is 470 g/mol. The maximum absolute atomic E-state index is 13.6. The van der Waals surface area contributed by atoms with Crippen LogP contribution in [0, 0.1) is 5.82 Å². The molecule has 0 bridgehead atoms. The second kappa shape index (κ2) is 7.10. The molecule has 0 spiro atoms. The fourth-order valence-corrected chi connectivity index (χ4v) is 3.66. The molecule has 2 aliphatic rings. The van der Waals surface area contributed by atoms with E-state index in [0.717, 1.165) is 21.0 Å². The number of rotatable bonds is 4. The van der Waals surface area contributed by atoms with Crippen molar-refractivity contribution in [2.24, 2.45) is 10.3 Å². The third kappa shape index (κ3) is 3.07. The van der Waals surface area contributed by atoms with E-state index in [9.17, 15) is 14.0 Å². The van der Waals surface area contributed by atoms with E-state index in [4.69, 9.17) is 4.52 Å². The van der Waals surface area contributed by atoms with Gasteiger partial charge in [0, 0.05) is 10.0 Å². The summed E-state index contributed by atoms with van der Waals surface area (Å²) in [5, 5.41) is 13.1. The molecule has 0 radical (unpaired) electrons. The number of hydrogen-bond donors (Lipinski definition) is 0. The molecule has 2 amide bonds. The molecule has 2 atom stereocenters. The zero-order valence-corrected chi connectivity index (χ0v) is 16.7. The van der Waals surface area contributed by atoms with Gasteiger partial charge in [-0.05, 0) is 42.5 Å². The van der Waals surface area contributed by atoms with Gasteiger partial charge in [0.15, 0.2) is 12.1 Å². The van der Waals surface area contributed by atoms with Crippen LogP contribution in [0.3, 0.4) is 0 Å². The Bertz CT molecular complexity index is 1180. The van der Waals surface area contributed by atoms with E-state index in [0.29, 0.717) is 5.82 Å². The molecular weight excluding hydrogens is 459 g/mol. The van der Waals surface area contributed by atoms with Crippen molar-refractivity contribution >= 4 is 33.4 Å². The number of hydrogen-bond acceptors (Lipinski definition) is 8. The Kier molecular flexibility index (Phi) is 4.39. The Balaban J connectivity index is 1.36. The smallest absolute Gasteiger partial charge is 0.263 e. The minimum Gasteiger partial charge on any atom is -0.337 e. The fraction of sp³-hybridized carbons (Fsp3) is 0.158. The molecule has 2 aliphatic heterocycles. The second-order valence-corrected chi connectivity index (χ2v) is 7.62. The van der Waals surface area contributed by atoms with Gasteiger partial charge in [0.25, 0.3) is 11.8 Å². The first-order valence-corrected chi connectivity index (χ1v) is 9.70. The minimum atomic E-state index is -0.991. The number of fused-ring (bicyclic) bond motifs is 1. The van der Waals surface area contributed by atoms with Crippen LogP contribution >= 0.6 is 15.9 Å². The summed E-state index contributed by atoms with van der Waals surface area (Å²) in [6, 6.07) is 10.7. The summed E-state index contributed by atoms with van der Waals surface area (Å²) in [4.78, 5) is 30.8. The first-order chi connectivity index (χ1) is 14.5.